The van der Waals surface area contributed by atoms with Crippen molar-refractivity contribution in [1.82, 2.24) is 0 Å². The minimum absolute atomic E-state index is 0.0345. The minimum atomic E-state index is -0.434. The molecule has 2 heterocycles. The molecule has 27 heavy (non-hydrogen) atoms. The summed E-state index contributed by atoms with van der Waals surface area (Å²) in [5.74, 6) is 0.324. The molecule has 0 saturated carbocycles. The highest BCUT2D eigenvalue weighted by molar-refractivity contribution is 5.38. The van der Waals surface area contributed by atoms with Crippen LogP contribution in [0.3, 0.4) is 0 Å². The normalized spacial score (nSPS) is 21.7. The van der Waals surface area contributed by atoms with Gasteiger partial charge >= 0.3 is 5.63 Å². The van der Waals surface area contributed by atoms with E-state index in [-0.39, 0.29) is 11.7 Å². The second-order valence-electron chi connectivity index (χ2n) is 6.96. The van der Waals surface area contributed by atoms with Crippen molar-refractivity contribution < 1.29 is 9.52 Å². The number of aromatic hydroxyl groups is 1. The third-order valence-corrected chi connectivity index (χ3v) is 4.69. The van der Waals surface area contributed by atoms with Crippen molar-refractivity contribution in [1.29, 1.82) is 0 Å². The molecule has 2 aliphatic rings. The lowest BCUT2D eigenvalue weighted by Crippen LogP contribution is -2.12. The molecular weight excluding hydrogens is 336 g/mol. The molecule has 1 atom stereocenters. The third-order valence-electron chi connectivity index (χ3n) is 4.69. The van der Waals surface area contributed by atoms with Crippen LogP contribution in [0.15, 0.2) is 63.9 Å². The molecule has 0 saturated heterocycles. The molecule has 2 bridgehead atoms. The fourth-order valence-electron chi connectivity index (χ4n) is 3.22. The van der Waals surface area contributed by atoms with E-state index in [0.717, 1.165) is 38.5 Å². The predicted octanol–water partition coefficient (Wildman–Crippen LogP) is 6.35. The zero-order valence-electron chi connectivity index (χ0n) is 16.4. The van der Waals surface area contributed by atoms with Crippen LogP contribution in [0.4, 0.5) is 0 Å². The molecule has 0 amide bonds. The summed E-state index contributed by atoms with van der Waals surface area (Å²) in [6.45, 7) is 2.10. The summed E-state index contributed by atoms with van der Waals surface area (Å²) in [7, 11) is 0. The zero-order valence-corrected chi connectivity index (χ0v) is 16.4. The molecule has 146 valence electrons. The number of hydrogen-bond acceptors (Lipinski definition) is 3. The van der Waals surface area contributed by atoms with E-state index >= 15 is 0 Å². The topological polar surface area (TPSA) is 50.4 Å². The van der Waals surface area contributed by atoms with Crippen molar-refractivity contribution in [3.05, 3.63) is 76.4 Å². The molecule has 1 aromatic rings. The number of fused-ring (bicyclic) bond motifs is 11. The predicted molar refractivity (Wildman–Crippen MR) is 112 cm³/mol. The Hall–Kier alpha value is -2.29. The standard InChI is InChI=1S/C24H32O3/c1-2-3-4-10-13-16-20-17-14-11-8-6-5-7-9-12-15-18-21-19-22(25)23(20)24(26)27-21/h3-4,6,8,13-14,16-17,19-20,25H,2,5,7,9-12,15,18H2,1H3/b4-3-,8-6-,16-13+,17-14-/t20-/m0/s1. The van der Waals surface area contributed by atoms with Gasteiger partial charge in [0, 0.05) is 18.4 Å². The molecule has 1 aliphatic heterocycles. The lowest BCUT2D eigenvalue weighted by Gasteiger charge is -2.11. The Morgan fingerprint density at radius 3 is 2.78 bits per heavy atom. The van der Waals surface area contributed by atoms with Crippen molar-refractivity contribution in [2.24, 2.45) is 0 Å². The Morgan fingerprint density at radius 2 is 1.96 bits per heavy atom. The molecule has 3 nitrogen and oxygen atoms in total. The van der Waals surface area contributed by atoms with E-state index in [0.29, 0.717) is 17.7 Å². The van der Waals surface area contributed by atoms with E-state index in [9.17, 15) is 9.90 Å². The van der Waals surface area contributed by atoms with Crippen LogP contribution in [0, 0.1) is 0 Å². The van der Waals surface area contributed by atoms with Gasteiger partial charge in [0.25, 0.3) is 0 Å². The molecule has 1 N–H and O–H groups in total. The SMILES string of the molecule is CC/C=C\C/C=C/[C@H]1/C=C\C/C=C\CCCCCCc2cc(O)c1c(=O)o2. The summed E-state index contributed by atoms with van der Waals surface area (Å²) >= 11 is 0. The van der Waals surface area contributed by atoms with Gasteiger partial charge in [0.2, 0.25) is 0 Å². The largest absolute Gasteiger partial charge is 0.507 e. The average molecular weight is 369 g/mol. The van der Waals surface area contributed by atoms with Crippen molar-refractivity contribution in [2.75, 3.05) is 0 Å². The van der Waals surface area contributed by atoms with Crippen LogP contribution in [-0.4, -0.2) is 5.11 Å². The van der Waals surface area contributed by atoms with Crippen LogP contribution >= 0.6 is 0 Å². The lowest BCUT2D eigenvalue weighted by atomic mass is 9.97. The van der Waals surface area contributed by atoms with Crippen LogP contribution in [0.25, 0.3) is 0 Å². The zero-order chi connectivity index (χ0) is 19.3. The van der Waals surface area contributed by atoms with E-state index in [2.05, 4.69) is 31.2 Å². The third kappa shape index (κ3) is 7.46. The minimum Gasteiger partial charge on any atom is -0.507 e. The molecule has 0 radical (unpaired) electrons. The molecule has 0 unspecified atom stereocenters. The van der Waals surface area contributed by atoms with E-state index in [1.165, 1.54) is 12.8 Å². The number of allylic oxidation sites excluding steroid dienone is 8. The van der Waals surface area contributed by atoms with Gasteiger partial charge in [-0.2, -0.15) is 0 Å². The van der Waals surface area contributed by atoms with E-state index in [4.69, 9.17) is 4.42 Å². The first kappa shape index (κ1) is 21.0. The first-order valence-electron chi connectivity index (χ1n) is 10.2. The van der Waals surface area contributed by atoms with Crippen LogP contribution in [0.5, 0.6) is 5.75 Å². The lowest BCUT2D eigenvalue weighted by molar-refractivity contribution is 0.407. The van der Waals surface area contributed by atoms with Gasteiger partial charge in [-0.3, -0.25) is 0 Å². The summed E-state index contributed by atoms with van der Waals surface area (Å²) in [5, 5.41) is 10.5. The summed E-state index contributed by atoms with van der Waals surface area (Å²) < 4.78 is 5.50. The van der Waals surface area contributed by atoms with Crippen molar-refractivity contribution in [3.63, 3.8) is 0 Å². The fraction of sp³-hybridized carbons (Fsp3) is 0.458. The Balaban J connectivity index is 2.29. The van der Waals surface area contributed by atoms with Crippen LogP contribution in [0.2, 0.25) is 0 Å². The van der Waals surface area contributed by atoms with Gasteiger partial charge in [-0.05, 0) is 38.5 Å². The number of rotatable bonds is 4. The Bertz CT molecular complexity index is 734. The second-order valence-corrected chi connectivity index (χ2v) is 6.96. The highest BCUT2D eigenvalue weighted by Gasteiger charge is 2.17. The number of aryl methyl sites for hydroxylation is 1. The fourth-order valence-corrected chi connectivity index (χ4v) is 3.22. The van der Waals surface area contributed by atoms with E-state index in [1.807, 2.05) is 24.3 Å². The van der Waals surface area contributed by atoms with Gasteiger partial charge in [0.1, 0.15) is 11.5 Å². The highest BCUT2D eigenvalue weighted by atomic mass is 16.4. The quantitative estimate of drug-likeness (QED) is 0.630. The van der Waals surface area contributed by atoms with Crippen LogP contribution < -0.4 is 5.63 Å². The molecule has 0 spiro atoms. The van der Waals surface area contributed by atoms with Gasteiger partial charge in [0.05, 0.1) is 5.56 Å². The van der Waals surface area contributed by atoms with Crippen LogP contribution in [-0.2, 0) is 6.42 Å². The summed E-state index contributed by atoms with van der Waals surface area (Å²) in [6.07, 6.45) is 25.5. The monoisotopic (exact) mass is 368 g/mol. The van der Waals surface area contributed by atoms with Gasteiger partial charge in [-0.1, -0.05) is 68.4 Å². The molecule has 3 rings (SSSR count). The maximum Gasteiger partial charge on any atom is 0.343 e. The summed E-state index contributed by atoms with van der Waals surface area (Å²) in [4.78, 5) is 12.5. The smallest absolute Gasteiger partial charge is 0.343 e. The van der Waals surface area contributed by atoms with E-state index < -0.39 is 5.63 Å². The van der Waals surface area contributed by atoms with Crippen molar-refractivity contribution in [3.8, 4) is 5.75 Å². The molecule has 0 aromatic carbocycles. The highest BCUT2D eigenvalue weighted by Crippen LogP contribution is 2.27. The molecule has 1 aromatic heterocycles. The molecule has 3 heteroatoms. The maximum atomic E-state index is 12.5. The van der Waals surface area contributed by atoms with Gasteiger partial charge in [-0.25, -0.2) is 4.79 Å². The first-order chi connectivity index (χ1) is 13.2. The maximum absolute atomic E-state index is 12.5. The van der Waals surface area contributed by atoms with Gasteiger partial charge < -0.3 is 9.52 Å². The van der Waals surface area contributed by atoms with E-state index in [1.54, 1.807) is 6.07 Å². The van der Waals surface area contributed by atoms with Gasteiger partial charge in [-0.15, -0.1) is 0 Å². The Morgan fingerprint density at radius 1 is 1.11 bits per heavy atom. The number of hydrogen-bond donors (Lipinski definition) is 1. The first-order valence-corrected chi connectivity index (χ1v) is 10.2. The molecule has 1 aliphatic carbocycles. The van der Waals surface area contributed by atoms with Crippen molar-refractivity contribution >= 4 is 0 Å². The Labute approximate surface area is 162 Å². The molecular formula is C24H32O3. The Kier molecular flexibility index (Phi) is 9.47. The summed E-state index contributed by atoms with van der Waals surface area (Å²) in [5.41, 5.74) is -0.113. The average Bonchev–Trinajstić information content (AvgIpc) is 2.63. The molecule has 0 fully saturated rings. The summed E-state index contributed by atoms with van der Waals surface area (Å²) in [6, 6.07) is 1.62. The van der Waals surface area contributed by atoms with Gasteiger partial charge in [0.15, 0.2) is 0 Å². The second kappa shape index (κ2) is 12.2. The van der Waals surface area contributed by atoms with Crippen molar-refractivity contribution in [2.45, 2.75) is 70.6 Å². The van der Waals surface area contributed by atoms with Crippen LogP contribution in [0.1, 0.15) is 75.5 Å².